The van der Waals surface area contributed by atoms with Gasteiger partial charge in [0.15, 0.2) is 4.34 Å². The number of hydrogen-bond acceptors (Lipinski definition) is 8. The molecular weight excluding hydrogens is 306 g/mol. The second-order valence-corrected chi connectivity index (χ2v) is 6.42. The molecule has 2 heterocycles. The van der Waals surface area contributed by atoms with E-state index in [1.807, 2.05) is 0 Å². The minimum absolute atomic E-state index is 0.157. The van der Waals surface area contributed by atoms with Gasteiger partial charge in [-0.1, -0.05) is 23.1 Å². The van der Waals surface area contributed by atoms with E-state index in [4.69, 9.17) is 11.5 Å². The van der Waals surface area contributed by atoms with Crippen molar-refractivity contribution in [3.63, 3.8) is 0 Å². The number of anilines is 2. The lowest BCUT2D eigenvalue weighted by Gasteiger charge is -2.02. The van der Waals surface area contributed by atoms with E-state index < -0.39 is 5.91 Å². The third kappa shape index (κ3) is 3.66. The van der Waals surface area contributed by atoms with Crippen molar-refractivity contribution in [3.05, 3.63) is 17.0 Å². The van der Waals surface area contributed by atoms with Crippen molar-refractivity contribution in [1.82, 2.24) is 10.2 Å². The van der Waals surface area contributed by atoms with E-state index >= 15 is 0 Å². The smallest absolute Gasteiger partial charge is 0.251 e. The Labute approximate surface area is 120 Å². The molecule has 0 spiro atoms. The molecule has 0 atom stereocenters. The number of nitrogen functional groups attached to an aromatic ring is 1. The summed E-state index contributed by atoms with van der Waals surface area (Å²) in [5, 5.41) is 12.6. The molecule has 0 aromatic carbocycles. The number of thiophene rings is 1. The first-order valence-electron chi connectivity index (χ1n) is 4.95. The molecule has 0 unspecified atom stereocenters. The van der Waals surface area contributed by atoms with E-state index in [-0.39, 0.29) is 11.7 Å². The normalized spacial score (nSPS) is 10.3. The van der Waals surface area contributed by atoms with Crippen molar-refractivity contribution in [2.75, 3.05) is 16.8 Å². The van der Waals surface area contributed by atoms with Crippen LogP contribution in [0.5, 0.6) is 0 Å². The molecule has 0 aliphatic heterocycles. The molecule has 0 bridgehead atoms. The minimum atomic E-state index is -0.568. The van der Waals surface area contributed by atoms with Gasteiger partial charge in [0.2, 0.25) is 11.0 Å². The van der Waals surface area contributed by atoms with E-state index in [1.54, 1.807) is 11.4 Å². The highest BCUT2D eigenvalue weighted by Crippen LogP contribution is 2.25. The van der Waals surface area contributed by atoms with Crippen molar-refractivity contribution in [3.8, 4) is 0 Å². The van der Waals surface area contributed by atoms with Crippen LogP contribution in [-0.2, 0) is 4.79 Å². The van der Waals surface area contributed by atoms with Crippen molar-refractivity contribution < 1.29 is 9.59 Å². The van der Waals surface area contributed by atoms with Crippen LogP contribution in [0.15, 0.2) is 15.8 Å². The fraction of sp³-hybridized carbons (Fsp3) is 0.111. The van der Waals surface area contributed by atoms with Gasteiger partial charge in [-0.3, -0.25) is 9.59 Å². The molecule has 0 saturated heterocycles. The number of hydrogen-bond donors (Lipinski definition) is 3. The molecule has 100 valence electrons. The Balaban J connectivity index is 1.90. The Hall–Kier alpha value is -1.65. The van der Waals surface area contributed by atoms with Gasteiger partial charge in [-0.15, -0.1) is 21.5 Å². The number of primary amides is 1. The van der Waals surface area contributed by atoms with Crippen molar-refractivity contribution in [2.24, 2.45) is 5.73 Å². The quantitative estimate of drug-likeness (QED) is 0.707. The Morgan fingerprint density at radius 3 is 2.84 bits per heavy atom. The maximum atomic E-state index is 11.7. The van der Waals surface area contributed by atoms with Crippen LogP contribution in [0, 0.1) is 0 Å². The van der Waals surface area contributed by atoms with Crippen molar-refractivity contribution in [2.45, 2.75) is 4.34 Å². The molecule has 0 radical (unpaired) electrons. The van der Waals surface area contributed by atoms with Crippen molar-refractivity contribution >= 4 is 56.4 Å². The fourth-order valence-electron chi connectivity index (χ4n) is 1.17. The number of carbonyl (C=O) groups excluding carboxylic acids is 2. The lowest BCUT2D eigenvalue weighted by atomic mass is 10.3. The predicted octanol–water partition coefficient (Wildman–Crippen LogP) is 1.01. The lowest BCUT2D eigenvalue weighted by Crippen LogP contribution is -2.17. The van der Waals surface area contributed by atoms with E-state index in [9.17, 15) is 9.59 Å². The summed E-state index contributed by atoms with van der Waals surface area (Å²) in [6.07, 6.45) is 0. The summed E-state index contributed by atoms with van der Waals surface area (Å²) in [4.78, 5) is 22.8. The molecule has 2 amide bonds. The highest BCUT2D eigenvalue weighted by molar-refractivity contribution is 8.01. The molecule has 0 saturated carbocycles. The van der Waals surface area contributed by atoms with Gasteiger partial charge in [0.25, 0.3) is 5.91 Å². The number of nitrogens with two attached hydrogens (primary N) is 2. The summed E-state index contributed by atoms with van der Waals surface area (Å²) < 4.78 is 0.619. The molecule has 7 nitrogen and oxygen atoms in total. The Bertz CT molecular complexity index is 609. The number of nitrogens with one attached hydrogen (secondary N) is 1. The molecular formula is C9H9N5O2S3. The number of nitrogens with zero attached hydrogens (tertiary/aromatic N) is 2. The van der Waals surface area contributed by atoms with Gasteiger partial charge < -0.3 is 16.8 Å². The first-order chi connectivity index (χ1) is 9.06. The third-order valence-corrected chi connectivity index (χ3v) is 4.65. The Morgan fingerprint density at radius 1 is 1.42 bits per heavy atom. The molecule has 0 fully saturated rings. The number of rotatable bonds is 5. The zero-order valence-corrected chi connectivity index (χ0v) is 11.9. The van der Waals surface area contributed by atoms with Gasteiger partial charge in [0, 0.05) is 0 Å². The van der Waals surface area contributed by atoms with E-state index in [2.05, 4.69) is 15.5 Å². The molecule has 10 heteroatoms. The fourth-order valence-corrected chi connectivity index (χ4v) is 3.41. The van der Waals surface area contributed by atoms with Gasteiger partial charge in [0.05, 0.1) is 11.3 Å². The molecule has 0 aliphatic rings. The highest BCUT2D eigenvalue weighted by atomic mass is 32.2. The first-order valence-corrected chi connectivity index (χ1v) is 7.63. The van der Waals surface area contributed by atoms with Crippen LogP contribution in [0.3, 0.4) is 0 Å². The second-order valence-electron chi connectivity index (χ2n) is 3.27. The van der Waals surface area contributed by atoms with Gasteiger partial charge in [-0.2, -0.15) is 0 Å². The van der Waals surface area contributed by atoms with Crippen LogP contribution in [0.4, 0.5) is 10.1 Å². The predicted molar refractivity (Wildman–Crippen MR) is 76.5 cm³/mol. The van der Waals surface area contributed by atoms with Gasteiger partial charge in [0.1, 0.15) is 5.00 Å². The molecule has 2 aromatic heterocycles. The standard InChI is InChI=1S/C9H9N5O2S3/c10-6(16)4-1-2-17-7(4)12-5(15)3-18-9-14-13-8(11)19-9/h1-2H,3H2,(H2,10,16)(H2,11,13)(H,12,15). The number of amides is 2. The average molecular weight is 315 g/mol. The maximum absolute atomic E-state index is 11.7. The van der Waals surface area contributed by atoms with E-state index in [0.717, 1.165) is 0 Å². The van der Waals surface area contributed by atoms with Crippen molar-refractivity contribution in [1.29, 1.82) is 0 Å². The van der Waals surface area contributed by atoms with Crippen LogP contribution in [0.2, 0.25) is 0 Å². The Morgan fingerprint density at radius 2 is 2.21 bits per heavy atom. The highest BCUT2D eigenvalue weighted by Gasteiger charge is 2.13. The van der Waals surface area contributed by atoms with Crippen LogP contribution in [0.1, 0.15) is 10.4 Å². The van der Waals surface area contributed by atoms with Gasteiger partial charge in [-0.25, -0.2) is 0 Å². The van der Waals surface area contributed by atoms with Gasteiger partial charge in [-0.05, 0) is 11.4 Å². The summed E-state index contributed by atoms with van der Waals surface area (Å²) in [5.41, 5.74) is 10.9. The zero-order chi connectivity index (χ0) is 13.8. The summed E-state index contributed by atoms with van der Waals surface area (Å²) in [7, 11) is 0. The SMILES string of the molecule is NC(=O)c1ccsc1NC(=O)CSc1nnc(N)s1. The van der Waals surface area contributed by atoms with Gasteiger partial charge >= 0.3 is 0 Å². The molecule has 2 aromatic rings. The van der Waals surface area contributed by atoms with Crippen LogP contribution < -0.4 is 16.8 Å². The monoisotopic (exact) mass is 315 g/mol. The molecule has 5 N–H and O–H groups in total. The van der Waals surface area contributed by atoms with E-state index in [1.165, 1.54) is 34.4 Å². The maximum Gasteiger partial charge on any atom is 0.251 e. The summed E-state index contributed by atoms with van der Waals surface area (Å²) in [5.74, 6) is -0.658. The summed E-state index contributed by atoms with van der Waals surface area (Å²) in [6.45, 7) is 0. The second kappa shape index (κ2) is 5.99. The number of aromatic nitrogens is 2. The lowest BCUT2D eigenvalue weighted by molar-refractivity contribution is -0.113. The summed E-state index contributed by atoms with van der Waals surface area (Å²) >= 11 is 3.68. The molecule has 2 rings (SSSR count). The third-order valence-electron chi connectivity index (χ3n) is 1.93. The largest absolute Gasteiger partial charge is 0.374 e. The molecule has 0 aliphatic carbocycles. The minimum Gasteiger partial charge on any atom is -0.374 e. The topological polar surface area (TPSA) is 124 Å². The molecule has 19 heavy (non-hydrogen) atoms. The first kappa shape index (κ1) is 13.8. The van der Waals surface area contributed by atoms with Crippen LogP contribution >= 0.6 is 34.4 Å². The average Bonchev–Trinajstić information content (AvgIpc) is 2.95. The number of thioether (sulfide) groups is 1. The Kier molecular flexibility index (Phi) is 4.35. The number of carbonyl (C=O) groups is 2. The summed E-state index contributed by atoms with van der Waals surface area (Å²) in [6, 6.07) is 1.57. The van der Waals surface area contributed by atoms with Crippen LogP contribution in [0.25, 0.3) is 0 Å². The zero-order valence-electron chi connectivity index (χ0n) is 9.45. The van der Waals surface area contributed by atoms with E-state index in [0.29, 0.717) is 20.0 Å². The van der Waals surface area contributed by atoms with Crippen LogP contribution in [-0.4, -0.2) is 27.8 Å².